The summed E-state index contributed by atoms with van der Waals surface area (Å²) in [5.74, 6) is 2.05. The number of aliphatic imine (C=N–C) groups is 1. The van der Waals surface area contributed by atoms with Gasteiger partial charge in [0.2, 0.25) is 0 Å². The number of rotatable bonds is 4. The molecule has 0 bridgehead atoms. The third kappa shape index (κ3) is 5.41. The van der Waals surface area contributed by atoms with E-state index >= 15 is 0 Å². The van der Waals surface area contributed by atoms with E-state index in [4.69, 9.17) is 0 Å². The highest BCUT2D eigenvalue weighted by Crippen LogP contribution is 2.29. The van der Waals surface area contributed by atoms with Crippen LogP contribution in [0.1, 0.15) is 19.4 Å². The van der Waals surface area contributed by atoms with Crippen LogP contribution in [0.4, 0.5) is 0 Å². The number of thioether (sulfide) groups is 1. The lowest BCUT2D eigenvalue weighted by Crippen LogP contribution is -2.51. The normalized spacial score (nSPS) is 18.5. The van der Waals surface area contributed by atoms with E-state index in [2.05, 4.69) is 29.1 Å². The van der Waals surface area contributed by atoms with Crippen molar-refractivity contribution in [2.45, 2.75) is 29.9 Å². The summed E-state index contributed by atoms with van der Waals surface area (Å²) in [5, 5.41) is 3.42. The molecule has 2 rings (SSSR count). The van der Waals surface area contributed by atoms with Gasteiger partial charge in [0.05, 0.1) is 4.90 Å². The van der Waals surface area contributed by atoms with Crippen LogP contribution in [0.2, 0.25) is 0 Å². The van der Waals surface area contributed by atoms with Crippen molar-refractivity contribution >= 4 is 27.6 Å². The smallest absolute Gasteiger partial charge is 0.193 e. The summed E-state index contributed by atoms with van der Waals surface area (Å²) in [6.07, 6.45) is 2.06. The van der Waals surface area contributed by atoms with Gasteiger partial charge in [-0.1, -0.05) is 12.1 Å². The Morgan fingerprint density at radius 3 is 2.54 bits per heavy atom. The Bertz CT molecular complexity index is 682. The molecule has 0 saturated carbocycles. The van der Waals surface area contributed by atoms with E-state index in [-0.39, 0.29) is 4.75 Å². The van der Waals surface area contributed by atoms with Crippen molar-refractivity contribution < 1.29 is 8.42 Å². The first-order valence-electron chi connectivity index (χ1n) is 8.10. The molecular formula is C17H27N3O2S2. The Morgan fingerprint density at radius 1 is 1.33 bits per heavy atom. The second-order valence-electron chi connectivity index (χ2n) is 6.67. The van der Waals surface area contributed by atoms with E-state index in [1.807, 2.05) is 30.9 Å². The van der Waals surface area contributed by atoms with Gasteiger partial charge in [-0.2, -0.15) is 11.8 Å². The molecule has 7 heteroatoms. The number of hydrogen-bond donors (Lipinski definition) is 1. The number of sulfone groups is 1. The molecule has 1 saturated heterocycles. The highest BCUT2D eigenvalue weighted by molar-refractivity contribution is 8.00. The molecule has 0 radical (unpaired) electrons. The van der Waals surface area contributed by atoms with Crippen LogP contribution < -0.4 is 5.32 Å². The first-order chi connectivity index (χ1) is 11.2. The van der Waals surface area contributed by atoms with Crippen molar-refractivity contribution in [2.75, 3.05) is 38.7 Å². The summed E-state index contributed by atoms with van der Waals surface area (Å²) in [6, 6.07) is 7.09. The van der Waals surface area contributed by atoms with Gasteiger partial charge in [0.15, 0.2) is 15.8 Å². The quantitative estimate of drug-likeness (QED) is 0.650. The maximum absolute atomic E-state index is 11.5. The number of benzene rings is 1. The van der Waals surface area contributed by atoms with Crippen LogP contribution in [-0.2, 0) is 16.3 Å². The molecule has 0 spiro atoms. The van der Waals surface area contributed by atoms with Gasteiger partial charge in [0.25, 0.3) is 0 Å². The van der Waals surface area contributed by atoms with Gasteiger partial charge in [0.1, 0.15) is 0 Å². The summed E-state index contributed by atoms with van der Waals surface area (Å²) in [4.78, 5) is 7.07. The van der Waals surface area contributed by atoms with Crippen molar-refractivity contribution in [3.05, 3.63) is 29.8 Å². The zero-order chi connectivity index (χ0) is 17.8. The Balaban J connectivity index is 1.88. The fourth-order valence-electron chi connectivity index (χ4n) is 2.75. The minimum absolute atomic E-state index is 0.247. The molecule has 24 heavy (non-hydrogen) atoms. The van der Waals surface area contributed by atoms with Gasteiger partial charge >= 0.3 is 0 Å². The molecule has 1 aliphatic heterocycles. The van der Waals surface area contributed by atoms with E-state index in [0.717, 1.165) is 43.3 Å². The van der Waals surface area contributed by atoms with Crippen LogP contribution in [-0.4, -0.2) is 62.7 Å². The second kappa shape index (κ2) is 7.78. The third-order valence-electron chi connectivity index (χ3n) is 3.99. The van der Waals surface area contributed by atoms with Crippen molar-refractivity contribution in [2.24, 2.45) is 4.99 Å². The Hall–Kier alpha value is -1.21. The molecule has 1 aromatic rings. The van der Waals surface area contributed by atoms with Gasteiger partial charge in [-0.05, 0) is 38.0 Å². The predicted octanol–water partition coefficient (Wildman–Crippen LogP) is 2.04. The molecule has 0 atom stereocenters. The van der Waals surface area contributed by atoms with Gasteiger partial charge < -0.3 is 10.2 Å². The van der Waals surface area contributed by atoms with Gasteiger partial charge in [-0.3, -0.25) is 4.99 Å². The number of hydrogen-bond acceptors (Lipinski definition) is 4. The number of nitrogens with zero attached hydrogens (tertiary/aromatic N) is 2. The summed E-state index contributed by atoms with van der Waals surface area (Å²) >= 11 is 2.00. The highest BCUT2D eigenvalue weighted by atomic mass is 32.2. The summed E-state index contributed by atoms with van der Waals surface area (Å²) in [7, 11) is -1.31. The van der Waals surface area contributed by atoms with E-state index in [1.165, 1.54) is 6.26 Å². The van der Waals surface area contributed by atoms with Gasteiger partial charge in [-0.25, -0.2) is 8.42 Å². The number of nitrogens with one attached hydrogen (secondary N) is 1. The summed E-state index contributed by atoms with van der Waals surface area (Å²) in [5.41, 5.74) is 1.11. The van der Waals surface area contributed by atoms with Crippen molar-refractivity contribution in [1.82, 2.24) is 10.2 Å². The Morgan fingerprint density at radius 2 is 2.00 bits per heavy atom. The lowest BCUT2D eigenvalue weighted by atomic mass is 10.1. The molecule has 1 N–H and O–H groups in total. The predicted molar refractivity (Wildman–Crippen MR) is 103 cm³/mol. The maximum Gasteiger partial charge on any atom is 0.193 e. The topological polar surface area (TPSA) is 61.8 Å². The average Bonchev–Trinajstić information content (AvgIpc) is 2.50. The molecule has 5 nitrogen and oxygen atoms in total. The molecule has 0 aliphatic carbocycles. The average molecular weight is 370 g/mol. The van der Waals surface area contributed by atoms with Crippen LogP contribution in [0, 0.1) is 0 Å². The van der Waals surface area contributed by atoms with Crippen molar-refractivity contribution in [3.8, 4) is 0 Å². The fourth-order valence-corrected chi connectivity index (χ4v) is 4.49. The minimum Gasteiger partial charge on any atom is -0.356 e. The van der Waals surface area contributed by atoms with Crippen LogP contribution in [0.5, 0.6) is 0 Å². The van der Waals surface area contributed by atoms with Crippen LogP contribution in [0.15, 0.2) is 34.2 Å². The number of guanidine groups is 1. The third-order valence-corrected chi connectivity index (χ3v) is 6.41. The lowest BCUT2D eigenvalue weighted by Gasteiger charge is -2.39. The lowest BCUT2D eigenvalue weighted by molar-refractivity contribution is 0.376. The zero-order valence-corrected chi connectivity index (χ0v) is 16.5. The molecule has 0 amide bonds. The second-order valence-corrected chi connectivity index (χ2v) is 10.5. The van der Waals surface area contributed by atoms with Gasteiger partial charge in [-0.15, -0.1) is 0 Å². The summed E-state index contributed by atoms with van der Waals surface area (Å²) < 4.78 is 23.2. The first kappa shape index (κ1) is 19.1. The standard InChI is InChI=1S/C17H27N3O2S2/c1-17(2)13-20(11-12-23-17)16(18-3)19-10-9-14-5-7-15(8-6-14)24(4,21)22/h5-8H,9-13H2,1-4H3,(H,18,19). The van der Waals surface area contributed by atoms with E-state index in [0.29, 0.717) is 4.90 Å². The fraction of sp³-hybridized carbons (Fsp3) is 0.588. The molecule has 1 heterocycles. The van der Waals surface area contributed by atoms with E-state index in [9.17, 15) is 8.42 Å². The zero-order valence-electron chi connectivity index (χ0n) is 14.9. The highest BCUT2D eigenvalue weighted by Gasteiger charge is 2.28. The van der Waals surface area contributed by atoms with E-state index < -0.39 is 9.84 Å². The molecular weight excluding hydrogens is 342 g/mol. The molecule has 1 fully saturated rings. The first-order valence-corrected chi connectivity index (χ1v) is 11.0. The SMILES string of the molecule is CN=C(NCCc1ccc(S(C)(=O)=O)cc1)N1CCSC(C)(C)C1. The molecule has 1 aromatic carbocycles. The van der Waals surface area contributed by atoms with Gasteiger partial charge in [0, 0.05) is 43.4 Å². The molecule has 134 valence electrons. The minimum atomic E-state index is -3.13. The molecule has 0 aromatic heterocycles. The van der Waals surface area contributed by atoms with E-state index in [1.54, 1.807) is 12.1 Å². The molecule has 1 aliphatic rings. The molecule has 0 unspecified atom stereocenters. The van der Waals surface area contributed by atoms with Crippen LogP contribution in [0.3, 0.4) is 0 Å². The Kier molecular flexibility index (Phi) is 6.20. The summed E-state index contributed by atoms with van der Waals surface area (Å²) in [6.45, 7) is 7.30. The van der Waals surface area contributed by atoms with Crippen molar-refractivity contribution in [3.63, 3.8) is 0 Å². The monoisotopic (exact) mass is 369 g/mol. The largest absolute Gasteiger partial charge is 0.356 e. The van der Waals surface area contributed by atoms with Crippen LogP contribution in [0.25, 0.3) is 0 Å². The Labute approximate surface area is 149 Å². The maximum atomic E-state index is 11.5. The van der Waals surface area contributed by atoms with Crippen LogP contribution >= 0.6 is 11.8 Å². The van der Waals surface area contributed by atoms with Crippen molar-refractivity contribution in [1.29, 1.82) is 0 Å².